The van der Waals surface area contributed by atoms with Gasteiger partial charge in [-0.2, -0.15) is 0 Å². The molecule has 0 N–H and O–H groups in total. The van der Waals surface area contributed by atoms with E-state index in [4.69, 9.17) is 0 Å². The van der Waals surface area contributed by atoms with E-state index >= 15 is 0 Å². The predicted octanol–water partition coefficient (Wildman–Crippen LogP) is 5.44. The van der Waals surface area contributed by atoms with Gasteiger partial charge in [0.25, 0.3) is 0 Å². The van der Waals surface area contributed by atoms with Gasteiger partial charge in [0.05, 0.1) is 5.69 Å². The molecule has 2 aromatic rings. The number of anilines is 1. The molecule has 5 heteroatoms. The largest absolute Gasteiger partial charge is 0.294 e. The van der Waals surface area contributed by atoms with Crippen molar-refractivity contribution in [2.24, 2.45) is 5.41 Å². The number of amides is 1. The van der Waals surface area contributed by atoms with Crippen LogP contribution in [0.1, 0.15) is 50.2 Å². The van der Waals surface area contributed by atoms with Crippen molar-refractivity contribution in [3.05, 3.63) is 76.5 Å². The van der Waals surface area contributed by atoms with Gasteiger partial charge < -0.3 is 0 Å². The Labute approximate surface area is 169 Å². The fourth-order valence-electron chi connectivity index (χ4n) is 4.44. The summed E-state index contributed by atoms with van der Waals surface area (Å²) >= 11 is 0. The van der Waals surface area contributed by atoms with Crippen molar-refractivity contribution in [3.8, 4) is 0 Å². The number of benzene rings is 2. The number of hydrogen-bond acceptors (Lipinski definition) is 2. The maximum absolute atomic E-state index is 14.6. The van der Waals surface area contributed by atoms with Crippen LogP contribution in [0.3, 0.4) is 0 Å². The molecule has 1 heterocycles. The number of halogens is 2. The normalized spacial score (nSPS) is 21.4. The molecule has 0 saturated heterocycles. The zero-order valence-electron chi connectivity index (χ0n) is 16.8. The highest BCUT2D eigenvalue weighted by Crippen LogP contribution is 2.48. The first-order valence-electron chi connectivity index (χ1n) is 9.77. The number of aryl methyl sites for hydroxylation is 1. The van der Waals surface area contributed by atoms with Gasteiger partial charge in [0.1, 0.15) is 11.6 Å². The van der Waals surface area contributed by atoms with Gasteiger partial charge >= 0.3 is 0 Å². The Kier molecular flexibility index (Phi) is 4.64. The van der Waals surface area contributed by atoms with Crippen LogP contribution in [0.2, 0.25) is 0 Å². The van der Waals surface area contributed by atoms with E-state index in [0.29, 0.717) is 24.1 Å². The number of ketones is 1. The summed E-state index contributed by atoms with van der Waals surface area (Å²) in [4.78, 5) is 27.6. The molecule has 1 unspecified atom stereocenters. The van der Waals surface area contributed by atoms with Crippen molar-refractivity contribution in [2.45, 2.75) is 46.0 Å². The highest BCUT2D eigenvalue weighted by atomic mass is 19.1. The minimum Gasteiger partial charge on any atom is -0.294 e. The summed E-state index contributed by atoms with van der Waals surface area (Å²) in [5, 5.41) is 0. The van der Waals surface area contributed by atoms with Crippen LogP contribution < -0.4 is 4.90 Å². The average Bonchev–Trinajstić information content (AvgIpc) is 2.62. The summed E-state index contributed by atoms with van der Waals surface area (Å²) in [7, 11) is 0. The zero-order chi connectivity index (χ0) is 20.9. The molecule has 2 aromatic carbocycles. The number of carbonyl (C=O) groups excluding carboxylic acids is 2. The lowest BCUT2D eigenvalue weighted by atomic mass is 9.69. The molecule has 0 saturated carbocycles. The number of Topliss-reactive ketones (excluding diaryl/α,β-unsaturated/α-hetero) is 1. The van der Waals surface area contributed by atoms with Gasteiger partial charge in [-0.1, -0.05) is 43.7 Å². The van der Waals surface area contributed by atoms with E-state index in [9.17, 15) is 18.4 Å². The third-order valence-corrected chi connectivity index (χ3v) is 5.77. The molecule has 1 aliphatic heterocycles. The number of rotatable bonds is 2. The van der Waals surface area contributed by atoms with Crippen LogP contribution in [-0.4, -0.2) is 11.7 Å². The van der Waals surface area contributed by atoms with E-state index in [-0.39, 0.29) is 35.1 Å². The molecule has 1 aliphatic carbocycles. The number of allylic oxidation sites excluding steroid dienone is 2. The lowest BCUT2D eigenvalue weighted by Gasteiger charge is -2.43. The van der Waals surface area contributed by atoms with Crippen molar-refractivity contribution in [2.75, 3.05) is 4.90 Å². The molecular weight excluding hydrogens is 372 g/mol. The van der Waals surface area contributed by atoms with Crippen LogP contribution in [0.15, 0.2) is 53.7 Å². The van der Waals surface area contributed by atoms with Gasteiger partial charge in [0.2, 0.25) is 5.91 Å². The first-order chi connectivity index (χ1) is 13.7. The molecule has 0 bridgehead atoms. The minimum atomic E-state index is -0.810. The monoisotopic (exact) mass is 395 g/mol. The summed E-state index contributed by atoms with van der Waals surface area (Å²) < 4.78 is 28.0. The van der Waals surface area contributed by atoms with Crippen LogP contribution >= 0.6 is 0 Å². The highest BCUT2D eigenvalue weighted by molar-refractivity contribution is 6.07. The van der Waals surface area contributed by atoms with Gasteiger partial charge in [-0.3, -0.25) is 14.5 Å². The Morgan fingerprint density at radius 1 is 1.00 bits per heavy atom. The molecule has 150 valence electrons. The molecule has 1 atom stereocenters. The molecule has 29 heavy (non-hydrogen) atoms. The summed E-state index contributed by atoms with van der Waals surface area (Å²) in [6.45, 7) is 5.91. The second-order valence-electron chi connectivity index (χ2n) is 8.79. The topological polar surface area (TPSA) is 37.4 Å². The van der Waals surface area contributed by atoms with E-state index in [0.717, 1.165) is 23.3 Å². The van der Waals surface area contributed by atoms with Crippen LogP contribution in [0.25, 0.3) is 0 Å². The number of nitrogens with zero attached hydrogens (tertiary/aromatic N) is 1. The van der Waals surface area contributed by atoms with E-state index in [1.54, 1.807) is 0 Å². The van der Waals surface area contributed by atoms with E-state index in [2.05, 4.69) is 0 Å². The van der Waals surface area contributed by atoms with E-state index in [1.165, 1.54) is 11.0 Å². The Balaban J connectivity index is 1.91. The molecule has 0 fully saturated rings. The Bertz CT molecular complexity index is 1040. The lowest BCUT2D eigenvalue weighted by Crippen LogP contribution is -2.44. The second kappa shape index (κ2) is 6.90. The maximum atomic E-state index is 14.6. The van der Waals surface area contributed by atoms with Crippen molar-refractivity contribution in [1.82, 2.24) is 0 Å². The molecule has 0 aromatic heterocycles. The van der Waals surface area contributed by atoms with Gasteiger partial charge in [-0.25, -0.2) is 8.78 Å². The summed E-state index contributed by atoms with van der Waals surface area (Å²) in [6, 6.07) is 11.0. The fraction of sp³-hybridized carbons (Fsp3) is 0.333. The second-order valence-corrected chi connectivity index (χ2v) is 8.79. The molecular formula is C24H23F2NO2. The molecule has 2 aliphatic rings. The average molecular weight is 395 g/mol. The predicted molar refractivity (Wildman–Crippen MR) is 107 cm³/mol. The molecule has 4 rings (SSSR count). The molecule has 0 radical (unpaired) electrons. The lowest BCUT2D eigenvalue weighted by molar-refractivity contribution is -0.121. The fourth-order valence-corrected chi connectivity index (χ4v) is 4.44. The van der Waals surface area contributed by atoms with Crippen LogP contribution in [-0.2, 0) is 9.59 Å². The van der Waals surface area contributed by atoms with Gasteiger partial charge in [0, 0.05) is 36.1 Å². The van der Waals surface area contributed by atoms with Crippen LogP contribution in [0.4, 0.5) is 14.5 Å². The van der Waals surface area contributed by atoms with Gasteiger partial charge in [0.15, 0.2) is 5.78 Å². The number of hydrogen-bond donors (Lipinski definition) is 0. The maximum Gasteiger partial charge on any atom is 0.232 e. The van der Waals surface area contributed by atoms with Gasteiger partial charge in [-0.05, 0) is 36.5 Å². The van der Waals surface area contributed by atoms with Crippen molar-refractivity contribution in [1.29, 1.82) is 0 Å². The third-order valence-electron chi connectivity index (χ3n) is 5.77. The van der Waals surface area contributed by atoms with Gasteiger partial charge in [-0.15, -0.1) is 0 Å². The minimum absolute atomic E-state index is 0.00300. The Morgan fingerprint density at radius 2 is 1.69 bits per heavy atom. The van der Waals surface area contributed by atoms with Crippen molar-refractivity contribution >= 4 is 17.4 Å². The highest BCUT2D eigenvalue weighted by Gasteiger charge is 2.44. The summed E-state index contributed by atoms with van der Waals surface area (Å²) in [5.41, 5.74) is 2.77. The standard InChI is InChI=1S/C24H23F2NO2/c1-14-4-6-15(7-5-14)17-11-22(29)27(19-9-8-16(25)10-18(19)26)20-12-24(2,3)13-21(28)23(17)20/h4-10,17H,11-13H2,1-3H3. The molecule has 3 nitrogen and oxygen atoms in total. The summed E-state index contributed by atoms with van der Waals surface area (Å²) in [6.07, 6.45) is 0.923. The first-order valence-corrected chi connectivity index (χ1v) is 9.77. The molecule has 0 spiro atoms. The Morgan fingerprint density at radius 3 is 2.34 bits per heavy atom. The number of carbonyl (C=O) groups is 2. The van der Waals surface area contributed by atoms with E-state index < -0.39 is 11.6 Å². The molecule has 1 amide bonds. The first kappa shape index (κ1) is 19.5. The Hall–Kier alpha value is -2.82. The zero-order valence-corrected chi connectivity index (χ0v) is 16.8. The van der Waals surface area contributed by atoms with Crippen molar-refractivity contribution < 1.29 is 18.4 Å². The van der Waals surface area contributed by atoms with Crippen molar-refractivity contribution in [3.63, 3.8) is 0 Å². The third kappa shape index (κ3) is 3.50. The quantitative estimate of drug-likeness (QED) is 0.679. The SMILES string of the molecule is Cc1ccc(C2CC(=O)N(c3ccc(F)cc3F)C3=C2C(=O)CC(C)(C)C3)cc1. The van der Waals surface area contributed by atoms with E-state index in [1.807, 2.05) is 45.0 Å². The smallest absolute Gasteiger partial charge is 0.232 e. The summed E-state index contributed by atoms with van der Waals surface area (Å²) in [5.74, 6) is -2.16. The van der Waals surface area contributed by atoms with Crippen LogP contribution in [0.5, 0.6) is 0 Å². The van der Waals surface area contributed by atoms with Crippen LogP contribution in [0, 0.1) is 24.0 Å².